The third kappa shape index (κ3) is 5.56. The molecule has 1 rings (SSSR count). The first kappa shape index (κ1) is 16.4. The summed E-state index contributed by atoms with van der Waals surface area (Å²) in [5, 5.41) is 20.7. The van der Waals surface area contributed by atoms with E-state index in [1.54, 1.807) is 4.90 Å². The lowest BCUT2D eigenvalue weighted by molar-refractivity contribution is -0.132. The van der Waals surface area contributed by atoms with Gasteiger partial charge in [-0.1, -0.05) is 0 Å². The minimum atomic E-state index is 0.0109. The summed E-state index contributed by atoms with van der Waals surface area (Å²) in [4.78, 5) is 16.0. The Bertz CT molecular complexity index is 369. The molecular formula is C14H23N5O. The molecule has 0 aromatic carbocycles. The van der Waals surface area contributed by atoms with Gasteiger partial charge in [0.2, 0.25) is 5.91 Å². The molecule has 1 amide bonds. The van der Waals surface area contributed by atoms with Crippen molar-refractivity contribution in [2.24, 2.45) is 0 Å². The lowest BCUT2D eigenvalue weighted by atomic mass is 10.1. The number of nitrogens with zero attached hydrogens (tertiary/aromatic N) is 4. The van der Waals surface area contributed by atoms with Crippen LogP contribution < -0.4 is 5.32 Å². The van der Waals surface area contributed by atoms with E-state index in [9.17, 15) is 4.79 Å². The quantitative estimate of drug-likeness (QED) is 0.756. The molecule has 0 aliphatic carbocycles. The van der Waals surface area contributed by atoms with Crippen LogP contribution in [0.25, 0.3) is 0 Å². The van der Waals surface area contributed by atoms with E-state index in [0.29, 0.717) is 44.6 Å². The highest BCUT2D eigenvalue weighted by molar-refractivity contribution is 5.78. The number of piperazine rings is 1. The molecule has 1 aliphatic rings. The number of carbonyl (C=O) groups is 1. The zero-order chi connectivity index (χ0) is 15.0. The van der Waals surface area contributed by atoms with Crippen molar-refractivity contribution in [2.45, 2.75) is 38.8 Å². The molecule has 0 aromatic rings. The normalized spacial score (nSPS) is 22.8. The molecule has 6 heteroatoms. The van der Waals surface area contributed by atoms with E-state index in [-0.39, 0.29) is 5.91 Å². The van der Waals surface area contributed by atoms with Crippen LogP contribution in [0.4, 0.5) is 0 Å². The van der Waals surface area contributed by atoms with Crippen LogP contribution in [-0.2, 0) is 4.79 Å². The number of hydrogen-bond donors (Lipinski definition) is 1. The SMILES string of the molecule is CC1CN(CC(=O)N(CCC#N)CCC#N)CC(C)N1. The maximum absolute atomic E-state index is 12.3. The second-order valence-electron chi connectivity index (χ2n) is 5.36. The molecule has 0 radical (unpaired) electrons. The standard InChI is InChI=1S/C14H23N5O/c1-12-9-18(10-13(2)17-12)11-14(20)19(7-3-5-15)8-4-6-16/h12-13,17H,3-4,7-11H2,1-2H3. The largest absolute Gasteiger partial charge is 0.340 e. The molecular weight excluding hydrogens is 254 g/mol. The van der Waals surface area contributed by atoms with Crippen LogP contribution in [0.2, 0.25) is 0 Å². The average Bonchev–Trinajstić information content (AvgIpc) is 2.37. The third-order valence-corrected chi connectivity index (χ3v) is 3.33. The van der Waals surface area contributed by atoms with Crippen LogP contribution in [0.15, 0.2) is 0 Å². The third-order valence-electron chi connectivity index (χ3n) is 3.33. The van der Waals surface area contributed by atoms with Gasteiger partial charge in [-0.05, 0) is 13.8 Å². The van der Waals surface area contributed by atoms with Crippen molar-refractivity contribution in [3.63, 3.8) is 0 Å². The summed E-state index contributed by atoms with van der Waals surface area (Å²) < 4.78 is 0. The van der Waals surface area contributed by atoms with Gasteiger partial charge in [0.25, 0.3) is 0 Å². The Balaban J connectivity index is 2.51. The second kappa shape index (κ2) is 8.52. The van der Waals surface area contributed by atoms with Crippen molar-refractivity contribution in [2.75, 3.05) is 32.7 Å². The van der Waals surface area contributed by atoms with Gasteiger partial charge in [-0.2, -0.15) is 10.5 Å². The number of rotatable bonds is 6. The molecule has 1 heterocycles. The van der Waals surface area contributed by atoms with Gasteiger partial charge in [0.1, 0.15) is 0 Å². The Morgan fingerprint density at radius 1 is 1.20 bits per heavy atom. The first-order valence-electron chi connectivity index (χ1n) is 7.07. The molecule has 2 unspecified atom stereocenters. The molecule has 6 nitrogen and oxygen atoms in total. The highest BCUT2D eigenvalue weighted by atomic mass is 16.2. The molecule has 110 valence electrons. The Morgan fingerprint density at radius 3 is 2.15 bits per heavy atom. The van der Waals surface area contributed by atoms with E-state index in [0.717, 1.165) is 13.1 Å². The van der Waals surface area contributed by atoms with Gasteiger partial charge in [-0.3, -0.25) is 9.69 Å². The number of nitrogens with one attached hydrogen (secondary N) is 1. The van der Waals surface area contributed by atoms with E-state index in [1.165, 1.54) is 0 Å². The van der Waals surface area contributed by atoms with Gasteiger partial charge < -0.3 is 10.2 Å². The lowest BCUT2D eigenvalue weighted by Gasteiger charge is -2.36. The van der Waals surface area contributed by atoms with Gasteiger partial charge >= 0.3 is 0 Å². The van der Waals surface area contributed by atoms with Crippen LogP contribution in [0.1, 0.15) is 26.7 Å². The van der Waals surface area contributed by atoms with Crippen LogP contribution in [0.3, 0.4) is 0 Å². The molecule has 0 saturated carbocycles. The van der Waals surface area contributed by atoms with Crippen molar-refractivity contribution in [1.82, 2.24) is 15.1 Å². The van der Waals surface area contributed by atoms with Crippen molar-refractivity contribution in [3.8, 4) is 12.1 Å². The van der Waals surface area contributed by atoms with E-state index in [1.807, 2.05) is 12.1 Å². The first-order valence-corrected chi connectivity index (χ1v) is 7.07. The number of hydrogen-bond acceptors (Lipinski definition) is 5. The highest BCUT2D eigenvalue weighted by Crippen LogP contribution is 2.05. The number of nitriles is 2. The summed E-state index contributed by atoms with van der Waals surface area (Å²) in [6, 6.07) is 4.84. The number of carbonyl (C=O) groups excluding carboxylic acids is 1. The summed E-state index contributed by atoms with van der Waals surface area (Å²) in [7, 11) is 0. The van der Waals surface area contributed by atoms with Gasteiger partial charge in [0.15, 0.2) is 0 Å². The fourth-order valence-electron chi connectivity index (χ4n) is 2.59. The molecule has 1 fully saturated rings. The van der Waals surface area contributed by atoms with Crippen molar-refractivity contribution in [3.05, 3.63) is 0 Å². The summed E-state index contributed by atoms with van der Waals surface area (Å²) in [5.74, 6) is 0.0109. The predicted molar refractivity (Wildman–Crippen MR) is 75.5 cm³/mol. The molecule has 1 aliphatic heterocycles. The maximum Gasteiger partial charge on any atom is 0.236 e. The van der Waals surface area contributed by atoms with Gasteiger partial charge in [-0.15, -0.1) is 0 Å². The van der Waals surface area contributed by atoms with Crippen LogP contribution in [0.5, 0.6) is 0 Å². The smallest absolute Gasteiger partial charge is 0.236 e. The molecule has 0 spiro atoms. The van der Waals surface area contributed by atoms with Gasteiger partial charge in [0.05, 0.1) is 31.5 Å². The van der Waals surface area contributed by atoms with Gasteiger partial charge in [-0.25, -0.2) is 0 Å². The first-order chi connectivity index (χ1) is 9.56. The second-order valence-corrected chi connectivity index (χ2v) is 5.36. The Morgan fingerprint density at radius 2 is 1.70 bits per heavy atom. The molecule has 1 saturated heterocycles. The summed E-state index contributed by atoms with van der Waals surface area (Å²) in [5.41, 5.74) is 0. The topological polar surface area (TPSA) is 83.2 Å². The van der Waals surface area contributed by atoms with Crippen molar-refractivity contribution >= 4 is 5.91 Å². The minimum Gasteiger partial charge on any atom is -0.340 e. The van der Waals surface area contributed by atoms with E-state index >= 15 is 0 Å². The molecule has 2 atom stereocenters. The van der Waals surface area contributed by atoms with Crippen LogP contribution >= 0.6 is 0 Å². The van der Waals surface area contributed by atoms with Crippen molar-refractivity contribution < 1.29 is 4.79 Å². The minimum absolute atomic E-state index is 0.0109. The molecule has 20 heavy (non-hydrogen) atoms. The molecule has 1 N–H and O–H groups in total. The predicted octanol–water partition coefficient (Wildman–Crippen LogP) is 0.325. The highest BCUT2D eigenvalue weighted by Gasteiger charge is 2.24. The Kier molecular flexibility index (Phi) is 7.00. The van der Waals surface area contributed by atoms with Crippen LogP contribution in [0, 0.1) is 22.7 Å². The maximum atomic E-state index is 12.3. The summed E-state index contributed by atoms with van der Waals surface area (Å²) >= 11 is 0. The Labute approximate surface area is 120 Å². The molecule has 0 bridgehead atoms. The van der Waals surface area contributed by atoms with Crippen molar-refractivity contribution in [1.29, 1.82) is 10.5 Å². The monoisotopic (exact) mass is 277 g/mol. The fourth-order valence-corrected chi connectivity index (χ4v) is 2.59. The zero-order valence-corrected chi connectivity index (χ0v) is 12.3. The number of amides is 1. The lowest BCUT2D eigenvalue weighted by Crippen LogP contribution is -2.56. The molecule has 0 aromatic heterocycles. The van der Waals surface area contributed by atoms with E-state index < -0.39 is 0 Å². The van der Waals surface area contributed by atoms with E-state index in [2.05, 4.69) is 24.1 Å². The zero-order valence-electron chi connectivity index (χ0n) is 12.3. The van der Waals surface area contributed by atoms with E-state index in [4.69, 9.17) is 10.5 Å². The van der Waals surface area contributed by atoms with Crippen LogP contribution in [-0.4, -0.2) is 60.5 Å². The summed E-state index contributed by atoms with van der Waals surface area (Å²) in [6.45, 7) is 7.10. The summed E-state index contributed by atoms with van der Waals surface area (Å²) in [6.07, 6.45) is 0.622. The fraction of sp³-hybridized carbons (Fsp3) is 0.786. The average molecular weight is 277 g/mol. The van der Waals surface area contributed by atoms with Gasteiger partial charge in [0, 0.05) is 38.3 Å². The Hall–Kier alpha value is -1.63.